The predicted octanol–water partition coefficient (Wildman–Crippen LogP) is -0.451. The predicted molar refractivity (Wildman–Crippen MR) is 55.5 cm³/mol. The van der Waals surface area contributed by atoms with Gasteiger partial charge in [0, 0.05) is 6.54 Å². The van der Waals surface area contributed by atoms with E-state index in [2.05, 4.69) is 4.90 Å². The summed E-state index contributed by atoms with van der Waals surface area (Å²) in [6.45, 7) is 4.60. The number of hydrogen-bond acceptors (Lipinski definition) is 4. The van der Waals surface area contributed by atoms with E-state index in [4.69, 9.17) is 0 Å². The summed E-state index contributed by atoms with van der Waals surface area (Å²) in [5.74, 6) is -1.52. The summed E-state index contributed by atoms with van der Waals surface area (Å²) in [4.78, 5) is 37.2. The number of urea groups is 1. The molecule has 2 aliphatic rings. The average Bonchev–Trinajstić information content (AvgIpc) is 2.53. The normalized spacial score (nSPS) is 27.4. The SMILES string of the molecule is CCN1CCCC(N2C(=O)NC(=O)C2=O)C1. The summed E-state index contributed by atoms with van der Waals surface area (Å²) >= 11 is 0. The lowest BCUT2D eigenvalue weighted by Crippen LogP contribution is -2.50. The second-order valence-corrected chi connectivity index (χ2v) is 4.12. The molecule has 0 aromatic heterocycles. The second-order valence-electron chi connectivity index (χ2n) is 4.12. The summed E-state index contributed by atoms with van der Waals surface area (Å²) in [6.07, 6.45) is 1.73. The molecule has 1 atom stereocenters. The standard InChI is InChI=1S/C10H15N3O3/c1-2-12-5-3-4-7(6-12)13-9(15)8(14)11-10(13)16/h7H,2-6H2,1H3,(H,11,14,16). The highest BCUT2D eigenvalue weighted by atomic mass is 16.2. The molecule has 0 bridgehead atoms. The van der Waals surface area contributed by atoms with Crippen molar-refractivity contribution in [2.24, 2.45) is 0 Å². The van der Waals surface area contributed by atoms with Crippen LogP contribution in [0.3, 0.4) is 0 Å². The highest BCUT2D eigenvalue weighted by Gasteiger charge is 2.42. The maximum atomic E-state index is 11.5. The highest BCUT2D eigenvalue weighted by Crippen LogP contribution is 2.18. The number of likely N-dealkylation sites (N-methyl/N-ethyl adjacent to an activating group) is 1. The van der Waals surface area contributed by atoms with Crippen LogP contribution in [-0.2, 0) is 9.59 Å². The Morgan fingerprint density at radius 1 is 1.38 bits per heavy atom. The molecule has 2 rings (SSSR count). The Morgan fingerprint density at radius 2 is 2.12 bits per heavy atom. The Hall–Kier alpha value is -1.43. The van der Waals surface area contributed by atoms with E-state index in [0.717, 1.165) is 30.8 Å². The first-order valence-electron chi connectivity index (χ1n) is 5.54. The molecule has 16 heavy (non-hydrogen) atoms. The van der Waals surface area contributed by atoms with Crippen LogP contribution in [0.4, 0.5) is 4.79 Å². The molecule has 2 saturated heterocycles. The number of piperidine rings is 1. The minimum absolute atomic E-state index is 0.160. The van der Waals surface area contributed by atoms with Crippen molar-refractivity contribution in [1.82, 2.24) is 15.1 Å². The van der Waals surface area contributed by atoms with E-state index < -0.39 is 17.8 Å². The third-order valence-corrected chi connectivity index (χ3v) is 3.15. The molecule has 1 unspecified atom stereocenters. The van der Waals surface area contributed by atoms with Crippen molar-refractivity contribution < 1.29 is 14.4 Å². The summed E-state index contributed by atoms with van der Waals surface area (Å²) in [5.41, 5.74) is 0. The van der Waals surface area contributed by atoms with Gasteiger partial charge in [-0.2, -0.15) is 0 Å². The number of amides is 4. The fourth-order valence-corrected chi connectivity index (χ4v) is 2.27. The first kappa shape index (κ1) is 11.1. The maximum absolute atomic E-state index is 11.5. The van der Waals surface area contributed by atoms with E-state index >= 15 is 0 Å². The van der Waals surface area contributed by atoms with Crippen molar-refractivity contribution in [3.05, 3.63) is 0 Å². The molecule has 2 aliphatic heterocycles. The van der Waals surface area contributed by atoms with Gasteiger partial charge in [0.2, 0.25) is 0 Å². The van der Waals surface area contributed by atoms with Gasteiger partial charge in [-0.15, -0.1) is 0 Å². The lowest BCUT2D eigenvalue weighted by molar-refractivity contribution is -0.141. The van der Waals surface area contributed by atoms with Crippen molar-refractivity contribution in [3.63, 3.8) is 0 Å². The number of likely N-dealkylation sites (tertiary alicyclic amines) is 1. The van der Waals surface area contributed by atoms with Crippen LogP contribution in [0.25, 0.3) is 0 Å². The molecule has 0 aliphatic carbocycles. The van der Waals surface area contributed by atoms with Gasteiger partial charge in [0.15, 0.2) is 0 Å². The zero-order valence-electron chi connectivity index (χ0n) is 9.23. The van der Waals surface area contributed by atoms with Crippen molar-refractivity contribution >= 4 is 17.8 Å². The van der Waals surface area contributed by atoms with Crippen LogP contribution < -0.4 is 5.32 Å². The van der Waals surface area contributed by atoms with E-state index in [-0.39, 0.29) is 6.04 Å². The van der Waals surface area contributed by atoms with Crippen LogP contribution in [0, 0.1) is 0 Å². The molecular weight excluding hydrogens is 210 g/mol. The first-order chi connectivity index (χ1) is 7.63. The van der Waals surface area contributed by atoms with Gasteiger partial charge < -0.3 is 4.90 Å². The topological polar surface area (TPSA) is 69.7 Å². The largest absolute Gasteiger partial charge is 0.331 e. The Labute approximate surface area is 93.6 Å². The van der Waals surface area contributed by atoms with Gasteiger partial charge in [0.1, 0.15) is 0 Å². The fourth-order valence-electron chi connectivity index (χ4n) is 2.27. The zero-order chi connectivity index (χ0) is 11.7. The maximum Gasteiger partial charge on any atom is 0.331 e. The van der Waals surface area contributed by atoms with Gasteiger partial charge in [-0.1, -0.05) is 6.92 Å². The summed E-state index contributed by atoms with van der Waals surface area (Å²) in [6, 6.07) is -0.731. The molecule has 0 spiro atoms. The lowest BCUT2D eigenvalue weighted by Gasteiger charge is -2.35. The number of carbonyl (C=O) groups is 3. The molecule has 0 aromatic carbocycles. The van der Waals surface area contributed by atoms with Crippen LogP contribution in [0.5, 0.6) is 0 Å². The molecule has 4 amide bonds. The van der Waals surface area contributed by atoms with Gasteiger partial charge in [0.05, 0.1) is 6.04 Å². The smallest absolute Gasteiger partial charge is 0.302 e. The molecule has 2 fully saturated rings. The molecule has 0 radical (unpaired) electrons. The molecular formula is C10H15N3O3. The third kappa shape index (κ3) is 1.80. The number of nitrogens with zero attached hydrogens (tertiary/aromatic N) is 2. The number of carbonyl (C=O) groups excluding carboxylic acids is 3. The molecule has 1 N–H and O–H groups in total. The van der Waals surface area contributed by atoms with Gasteiger partial charge in [-0.25, -0.2) is 4.79 Å². The Kier molecular flexibility index (Phi) is 2.91. The minimum atomic E-state index is -0.807. The quantitative estimate of drug-likeness (QED) is 0.510. The molecule has 6 heteroatoms. The van der Waals surface area contributed by atoms with Crippen molar-refractivity contribution in [2.45, 2.75) is 25.8 Å². The molecule has 0 saturated carbocycles. The van der Waals surface area contributed by atoms with Gasteiger partial charge in [-0.05, 0) is 25.9 Å². The number of hydrogen-bond donors (Lipinski definition) is 1. The third-order valence-electron chi connectivity index (χ3n) is 3.15. The molecule has 6 nitrogen and oxygen atoms in total. The zero-order valence-corrected chi connectivity index (χ0v) is 9.23. The van der Waals surface area contributed by atoms with E-state index in [1.807, 2.05) is 12.2 Å². The van der Waals surface area contributed by atoms with Crippen molar-refractivity contribution in [3.8, 4) is 0 Å². The van der Waals surface area contributed by atoms with Crippen LogP contribution in [0.15, 0.2) is 0 Å². The average molecular weight is 225 g/mol. The Morgan fingerprint density at radius 3 is 2.69 bits per heavy atom. The van der Waals surface area contributed by atoms with Gasteiger partial charge >= 0.3 is 17.8 Å². The lowest BCUT2D eigenvalue weighted by atomic mass is 10.0. The molecule has 2 heterocycles. The highest BCUT2D eigenvalue weighted by molar-refractivity contribution is 6.44. The minimum Gasteiger partial charge on any atom is -0.302 e. The van der Waals surface area contributed by atoms with Gasteiger partial charge in [-0.3, -0.25) is 19.8 Å². The fraction of sp³-hybridized carbons (Fsp3) is 0.700. The second kappa shape index (κ2) is 4.21. The Bertz CT molecular complexity index is 342. The van der Waals surface area contributed by atoms with Crippen LogP contribution in [0.2, 0.25) is 0 Å². The summed E-state index contributed by atoms with van der Waals surface area (Å²) in [7, 11) is 0. The van der Waals surface area contributed by atoms with Gasteiger partial charge in [0.25, 0.3) is 0 Å². The van der Waals surface area contributed by atoms with Crippen molar-refractivity contribution in [2.75, 3.05) is 19.6 Å². The van der Waals surface area contributed by atoms with Crippen LogP contribution in [-0.4, -0.2) is 53.3 Å². The van der Waals surface area contributed by atoms with E-state index in [9.17, 15) is 14.4 Å². The van der Waals surface area contributed by atoms with Crippen LogP contribution in [0.1, 0.15) is 19.8 Å². The number of imide groups is 2. The Balaban J connectivity index is 2.09. The summed E-state index contributed by atoms with van der Waals surface area (Å²) in [5, 5.41) is 2.03. The number of rotatable bonds is 2. The van der Waals surface area contributed by atoms with E-state index in [1.165, 1.54) is 0 Å². The van der Waals surface area contributed by atoms with E-state index in [1.54, 1.807) is 0 Å². The monoisotopic (exact) mass is 225 g/mol. The van der Waals surface area contributed by atoms with Crippen molar-refractivity contribution in [1.29, 1.82) is 0 Å². The molecule has 0 aromatic rings. The number of nitrogens with one attached hydrogen (secondary N) is 1. The van der Waals surface area contributed by atoms with E-state index in [0.29, 0.717) is 6.54 Å². The summed E-state index contributed by atoms with van der Waals surface area (Å²) < 4.78 is 0. The van der Waals surface area contributed by atoms with Crippen LogP contribution >= 0.6 is 0 Å². The first-order valence-corrected chi connectivity index (χ1v) is 5.54. The molecule has 88 valence electrons.